The standard InChI is InChI=1S/C18H23N3O6S/c1-8(22)14-12-5-13(17(27-18(25)26)21(12)16(14)24)28-10-4-11(20-7-10)15(23)9-2-3-19-6-9/h6,8-12,14,20,22H,2-5,7H2,1H3,(H,25,26)/t8?,9?,10?,11?,12-,14?/m1/s1. The minimum absolute atomic E-state index is 0.0575. The largest absolute Gasteiger partial charge is 0.512 e. The van der Waals surface area contributed by atoms with Crippen molar-refractivity contribution in [1.82, 2.24) is 10.2 Å². The number of carboxylic acid groups (broad SMARTS) is 1. The van der Waals surface area contributed by atoms with Crippen LogP contribution in [-0.2, 0) is 14.3 Å². The molecule has 0 radical (unpaired) electrons. The Morgan fingerprint density at radius 2 is 2.25 bits per heavy atom. The number of aliphatic hydroxyl groups excluding tert-OH is 1. The van der Waals surface area contributed by atoms with Gasteiger partial charge in [-0.25, -0.2) is 4.79 Å². The summed E-state index contributed by atoms with van der Waals surface area (Å²) in [6.07, 6.45) is 1.31. The van der Waals surface area contributed by atoms with Crippen molar-refractivity contribution in [2.45, 2.75) is 49.6 Å². The third kappa shape index (κ3) is 3.33. The maximum absolute atomic E-state index is 12.6. The molecular weight excluding hydrogens is 386 g/mol. The molecule has 0 spiro atoms. The number of nitrogens with one attached hydrogen (secondary N) is 1. The molecule has 152 valence electrons. The summed E-state index contributed by atoms with van der Waals surface area (Å²) in [4.78, 5) is 42.1. The monoisotopic (exact) mass is 409 g/mol. The van der Waals surface area contributed by atoms with Gasteiger partial charge in [-0.05, 0) is 19.8 Å². The van der Waals surface area contributed by atoms with Crippen molar-refractivity contribution >= 4 is 35.8 Å². The number of hydrogen-bond acceptors (Lipinski definition) is 8. The minimum Gasteiger partial charge on any atom is -0.449 e. The summed E-state index contributed by atoms with van der Waals surface area (Å²) in [7, 11) is 0. The lowest BCUT2D eigenvalue weighted by Gasteiger charge is -2.44. The molecular formula is C18H23N3O6S. The van der Waals surface area contributed by atoms with E-state index in [2.05, 4.69) is 10.3 Å². The van der Waals surface area contributed by atoms with E-state index in [-0.39, 0.29) is 40.8 Å². The molecule has 10 heteroatoms. The van der Waals surface area contributed by atoms with Crippen molar-refractivity contribution in [3.05, 3.63) is 10.8 Å². The summed E-state index contributed by atoms with van der Waals surface area (Å²) >= 11 is 1.46. The molecule has 0 aromatic heterocycles. The minimum atomic E-state index is -1.47. The Labute approximate surface area is 166 Å². The highest BCUT2D eigenvalue weighted by Crippen LogP contribution is 2.48. The second kappa shape index (κ2) is 7.49. The molecule has 0 bridgehead atoms. The Morgan fingerprint density at radius 1 is 1.46 bits per heavy atom. The lowest BCUT2D eigenvalue weighted by molar-refractivity contribution is -0.161. The first-order valence-corrected chi connectivity index (χ1v) is 10.3. The Balaban J connectivity index is 1.44. The molecule has 2 saturated heterocycles. The van der Waals surface area contributed by atoms with Gasteiger partial charge in [0.25, 0.3) is 0 Å². The molecule has 4 aliphatic rings. The van der Waals surface area contributed by atoms with Gasteiger partial charge in [0.15, 0.2) is 5.78 Å². The van der Waals surface area contributed by atoms with Gasteiger partial charge in [-0.2, -0.15) is 0 Å². The van der Waals surface area contributed by atoms with E-state index in [1.807, 2.05) is 0 Å². The van der Waals surface area contributed by atoms with Crippen LogP contribution in [0.15, 0.2) is 15.8 Å². The lowest BCUT2D eigenvalue weighted by atomic mass is 9.84. The molecule has 0 aromatic carbocycles. The van der Waals surface area contributed by atoms with Crippen molar-refractivity contribution in [3.63, 3.8) is 0 Å². The van der Waals surface area contributed by atoms with Gasteiger partial charge in [0.1, 0.15) is 0 Å². The molecule has 28 heavy (non-hydrogen) atoms. The van der Waals surface area contributed by atoms with Gasteiger partial charge in [-0.1, -0.05) is 0 Å². The maximum Gasteiger partial charge on any atom is 0.512 e. The first-order valence-electron chi connectivity index (χ1n) is 9.45. The fourth-order valence-electron chi connectivity index (χ4n) is 4.44. The Kier molecular flexibility index (Phi) is 5.19. The number of carbonyl (C=O) groups is 3. The van der Waals surface area contributed by atoms with E-state index < -0.39 is 18.2 Å². The first-order chi connectivity index (χ1) is 13.4. The molecule has 5 unspecified atom stereocenters. The summed E-state index contributed by atoms with van der Waals surface area (Å²) in [5, 5.41) is 22.2. The highest BCUT2D eigenvalue weighted by atomic mass is 32.2. The number of nitrogens with zero attached hydrogens (tertiary/aromatic N) is 2. The van der Waals surface area contributed by atoms with Gasteiger partial charge in [0, 0.05) is 35.9 Å². The van der Waals surface area contributed by atoms with Crippen molar-refractivity contribution in [2.24, 2.45) is 16.8 Å². The number of fused-ring (bicyclic) bond motifs is 1. The SMILES string of the molecule is CC(O)C1C(=O)N2C(OC(=O)O)=C(SC3CNC(C(=O)C4C=NCC4)C3)C[C@H]12. The summed E-state index contributed by atoms with van der Waals surface area (Å²) < 4.78 is 4.92. The number of β-lactam (4-membered cyclic amide) rings is 1. The zero-order chi connectivity index (χ0) is 20.0. The van der Waals surface area contributed by atoms with Crippen LogP contribution in [0.5, 0.6) is 0 Å². The highest BCUT2D eigenvalue weighted by molar-refractivity contribution is 8.03. The van der Waals surface area contributed by atoms with Gasteiger partial charge >= 0.3 is 6.16 Å². The topological polar surface area (TPSA) is 129 Å². The number of rotatable bonds is 6. The van der Waals surface area contributed by atoms with Crippen LogP contribution in [0.1, 0.15) is 26.2 Å². The zero-order valence-corrected chi connectivity index (χ0v) is 16.2. The van der Waals surface area contributed by atoms with Crippen LogP contribution in [0, 0.1) is 11.8 Å². The van der Waals surface area contributed by atoms with E-state index in [4.69, 9.17) is 9.84 Å². The second-order valence-corrected chi connectivity index (χ2v) is 9.03. The zero-order valence-electron chi connectivity index (χ0n) is 15.4. The number of carbonyl (C=O) groups excluding carboxylic acids is 2. The number of aliphatic hydroxyl groups is 1. The molecule has 1 amide bonds. The van der Waals surface area contributed by atoms with Crippen molar-refractivity contribution in [1.29, 1.82) is 0 Å². The molecule has 6 atom stereocenters. The summed E-state index contributed by atoms with van der Waals surface area (Å²) in [6.45, 7) is 2.87. The number of ether oxygens (including phenoxy) is 1. The Bertz CT molecular complexity index is 766. The second-order valence-electron chi connectivity index (χ2n) is 7.63. The summed E-state index contributed by atoms with van der Waals surface area (Å²) in [6, 6.07) is -0.507. The van der Waals surface area contributed by atoms with Gasteiger partial charge in [-0.15, -0.1) is 11.8 Å². The van der Waals surface area contributed by atoms with Crippen molar-refractivity contribution < 1.29 is 29.3 Å². The quantitative estimate of drug-likeness (QED) is 0.429. The molecule has 0 saturated carbocycles. The van der Waals surface area contributed by atoms with Gasteiger partial charge in [0.05, 0.1) is 30.0 Å². The number of Topliss-reactive ketones (excluding diaryl/α,β-unsaturated/α-hetero) is 1. The highest BCUT2D eigenvalue weighted by Gasteiger charge is 2.57. The van der Waals surface area contributed by atoms with E-state index in [0.29, 0.717) is 30.8 Å². The number of ketones is 1. The van der Waals surface area contributed by atoms with Crippen molar-refractivity contribution in [2.75, 3.05) is 13.1 Å². The summed E-state index contributed by atoms with van der Waals surface area (Å²) in [5.74, 6) is -0.764. The molecule has 0 aromatic rings. The van der Waals surface area contributed by atoms with Crippen LogP contribution in [0.4, 0.5) is 4.79 Å². The fourth-order valence-corrected chi connectivity index (χ4v) is 5.82. The van der Waals surface area contributed by atoms with Gasteiger partial charge in [0.2, 0.25) is 11.8 Å². The lowest BCUT2D eigenvalue weighted by Crippen LogP contribution is -2.61. The number of thioether (sulfide) groups is 1. The molecule has 4 aliphatic heterocycles. The Hall–Kier alpha value is -1.91. The van der Waals surface area contributed by atoms with Crippen LogP contribution in [0.25, 0.3) is 0 Å². The van der Waals surface area contributed by atoms with Gasteiger partial charge < -0.3 is 20.3 Å². The molecule has 2 fully saturated rings. The summed E-state index contributed by atoms with van der Waals surface area (Å²) in [5.41, 5.74) is 0. The molecule has 9 nitrogen and oxygen atoms in total. The molecule has 4 heterocycles. The van der Waals surface area contributed by atoms with E-state index in [1.165, 1.54) is 16.7 Å². The maximum atomic E-state index is 12.6. The van der Waals surface area contributed by atoms with E-state index >= 15 is 0 Å². The van der Waals surface area contributed by atoms with Crippen molar-refractivity contribution in [3.8, 4) is 0 Å². The van der Waals surface area contributed by atoms with E-state index in [1.54, 1.807) is 13.1 Å². The van der Waals surface area contributed by atoms with Crippen LogP contribution >= 0.6 is 11.8 Å². The number of amides is 1. The van der Waals surface area contributed by atoms with Crippen LogP contribution in [0.3, 0.4) is 0 Å². The average Bonchev–Trinajstić information content (AvgIpc) is 3.34. The fraction of sp³-hybridized carbons (Fsp3) is 0.667. The van der Waals surface area contributed by atoms with Crippen LogP contribution < -0.4 is 5.32 Å². The first kappa shape index (κ1) is 19.4. The smallest absolute Gasteiger partial charge is 0.449 e. The third-order valence-corrected chi connectivity index (χ3v) is 7.11. The Morgan fingerprint density at radius 3 is 2.89 bits per heavy atom. The normalized spacial score (nSPS) is 35.1. The third-order valence-electron chi connectivity index (χ3n) is 5.79. The number of hydrogen-bond donors (Lipinski definition) is 3. The predicted molar refractivity (Wildman–Crippen MR) is 101 cm³/mol. The van der Waals surface area contributed by atoms with Crippen LogP contribution in [0.2, 0.25) is 0 Å². The molecule has 0 aliphatic carbocycles. The predicted octanol–water partition coefficient (Wildman–Crippen LogP) is 0.585. The average molecular weight is 409 g/mol. The van der Waals surface area contributed by atoms with E-state index in [0.717, 1.165) is 6.42 Å². The van der Waals surface area contributed by atoms with Crippen LogP contribution in [-0.4, -0.2) is 75.7 Å². The van der Waals surface area contributed by atoms with E-state index in [9.17, 15) is 19.5 Å². The number of aliphatic imine (C=N–C) groups is 1. The van der Waals surface area contributed by atoms with Gasteiger partial charge in [-0.3, -0.25) is 19.5 Å². The molecule has 3 N–H and O–H groups in total. The molecule has 4 rings (SSSR count).